The summed E-state index contributed by atoms with van der Waals surface area (Å²) in [6, 6.07) is 11.1. The molecule has 0 aliphatic rings. The van der Waals surface area contributed by atoms with Crippen LogP contribution in [0.1, 0.15) is 17.4 Å². The fourth-order valence-corrected chi connectivity index (χ4v) is 2.56. The largest absolute Gasteiger partial charge is 0.508 e. The van der Waals surface area contributed by atoms with Crippen molar-refractivity contribution in [3.8, 4) is 5.75 Å². The van der Waals surface area contributed by atoms with E-state index in [0.29, 0.717) is 13.1 Å². The second-order valence-corrected chi connectivity index (χ2v) is 5.43. The van der Waals surface area contributed by atoms with E-state index < -0.39 is 5.60 Å². The smallest absolute Gasteiger partial charge is 0.120 e. The minimum atomic E-state index is -0.876. The summed E-state index contributed by atoms with van der Waals surface area (Å²) in [6.07, 6.45) is 0. The second-order valence-electron chi connectivity index (χ2n) is 4.48. The molecule has 0 aliphatic carbocycles. The fourth-order valence-electron chi connectivity index (χ4n) is 1.77. The molecule has 0 fully saturated rings. The van der Waals surface area contributed by atoms with Crippen molar-refractivity contribution in [2.75, 3.05) is 6.54 Å². The number of hydrogen-bond donors (Lipinski definition) is 3. The van der Waals surface area contributed by atoms with Crippen LogP contribution in [-0.2, 0) is 12.1 Å². The molecule has 0 radical (unpaired) electrons. The Labute approximate surface area is 111 Å². The Morgan fingerprint density at radius 3 is 2.67 bits per heavy atom. The zero-order valence-electron chi connectivity index (χ0n) is 10.3. The Bertz CT molecular complexity index is 494. The number of phenolic OH excluding ortho intramolecular Hbond substituents is 1. The third kappa shape index (κ3) is 3.10. The first-order valence-electron chi connectivity index (χ1n) is 5.83. The van der Waals surface area contributed by atoms with Crippen LogP contribution in [0.4, 0.5) is 0 Å². The molecule has 1 heterocycles. The topological polar surface area (TPSA) is 52.5 Å². The van der Waals surface area contributed by atoms with Crippen LogP contribution >= 0.6 is 11.3 Å². The Morgan fingerprint density at radius 1 is 1.22 bits per heavy atom. The number of phenols is 1. The third-order valence-electron chi connectivity index (χ3n) is 2.83. The van der Waals surface area contributed by atoms with Crippen LogP contribution in [0, 0.1) is 0 Å². The maximum absolute atomic E-state index is 10.3. The zero-order valence-corrected chi connectivity index (χ0v) is 11.1. The van der Waals surface area contributed by atoms with Gasteiger partial charge in [-0.1, -0.05) is 24.3 Å². The molecule has 0 bridgehead atoms. The van der Waals surface area contributed by atoms with E-state index in [4.69, 9.17) is 0 Å². The van der Waals surface area contributed by atoms with Crippen molar-refractivity contribution in [1.82, 2.24) is 5.32 Å². The standard InChI is InChI=1S/C14H17NO2S/c1-14(17,13-7-4-8-18-13)10-15-9-11-5-2-3-6-12(11)16/h2-8,15-17H,9-10H2,1H3. The highest BCUT2D eigenvalue weighted by atomic mass is 32.1. The van der Waals surface area contributed by atoms with Gasteiger partial charge in [0.2, 0.25) is 0 Å². The summed E-state index contributed by atoms with van der Waals surface area (Å²) in [5, 5.41) is 25.0. The molecule has 0 saturated heterocycles. The van der Waals surface area contributed by atoms with Gasteiger partial charge >= 0.3 is 0 Å². The summed E-state index contributed by atoms with van der Waals surface area (Å²) in [5.41, 5.74) is -0.0436. The highest BCUT2D eigenvalue weighted by Gasteiger charge is 2.23. The Hall–Kier alpha value is -1.36. The van der Waals surface area contributed by atoms with Gasteiger partial charge in [0.05, 0.1) is 0 Å². The van der Waals surface area contributed by atoms with E-state index in [1.165, 1.54) is 11.3 Å². The minimum absolute atomic E-state index is 0.278. The van der Waals surface area contributed by atoms with E-state index >= 15 is 0 Å². The molecule has 3 N–H and O–H groups in total. The zero-order chi connectivity index (χ0) is 13.0. The summed E-state index contributed by atoms with van der Waals surface area (Å²) in [5.74, 6) is 0.278. The quantitative estimate of drug-likeness (QED) is 0.776. The monoisotopic (exact) mass is 263 g/mol. The number of hydrogen-bond acceptors (Lipinski definition) is 4. The van der Waals surface area contributed by atoms with E-state index in [-0.39, 0.29) is 5.75 Å². The van der Waals surface area contributed by atoms with E-state index in [0.717, 1.165) is 10.4 Å². The van der Waals surface area contributed by atoms with E-state index in [2.05, 4.69) is 5.32 Å². The normalized spacial score (nSPS) is 14.3. The molecule has 1 unspecified atom stereocenters. The van der Waals surface area contributed by atoms with Crippen molar-refractivity contribution in [2.45, 2.75) is 19.1 Å². The van der Waals surface area contributed by atoms with Gasteiger partial charge in [-0.2, -0.15) is 0 Å². The van der Waals surface area contributed by atoms with Gasteiger partial charge in [0, 0.05) is 23.5 Å². The lowest BCUT2D eigenvalue weighted by atomic mass is 10.1. The number of rotatable bonds is 5. The lowest BCUT2D eigenvalue weighted by molar-refractivity contribution is 0.0604. The molecule has 0 amide bonds. The van der Waals surface area contributed by atoms with Gasteiger partial charge in [-0.05, 0) is 24.4 Å². The van der Waals surface area contributed by atoms with Crippen LogP contribution in [-0.4, -0.2) is 16.8 Å². The van der Waals surface area contributed by atoms with Crippen LogP contribution in [0.5, 0.6) is 5.75 Å². The van der Waals surface area contributed by atoms with Crippen molar-refractivity contribution in [3.05, 3.63) is 52.2 Å². The number of nitrogens with one attached hydrogen (secondary N) is 1. The highest BCUT2D eigenvalue weighted by Crippen LogP contribution is 2.24. The van der Waals surface area contributed by atoms with E-state index in [1.54, 1.807) is 19.1 Å². The van der Waals surface area contributed by atoms with Gasteiger partial charge in [-0.3, -0.25) is 0 Å². The van der Waals surface area contributed by atoms with Crippen molar-refractivity contribution < 1.29 is 10.2 Å². The maximum atomic E-state index is 10.3. The number of aromatic hydroxyl groups is 1. The molecule has 4 heteroatoms. The van der Waals surface area contributed by atoms with E-state index in [9.17, 15) is 10.2 Å². The summed E-state index contributed by atoms with van der Waals surface area (Å²) < 4.78 is 0. The first-order chi connectivity index (χ1) is 8.59. The number of aliphatic hydroxyl groups is 1. The van der Waals surface area contributed by atoms with Gasteiger partial charge in [0.15, 0.2) is 0 Å². The Balaban J connectivity index is 1.91. The van der Waals surface area contributed by atoms with Gasteiger partial charge in [0.1, 0.15) is 11.4 Å². The van der Waals surface area contributed by atoms with Crippen LogP contribution in [0.15, 0.2) is 41.8 Å². The minimum Gasteiger partial charge on any atom is -0.508 e. The Morgan fingerprint density at radius 2 is 2.00 bits per heavy atom. The predicted octanol–water partition coefficient (Wildman–Crippen LogP) is 2.45. The molecule has 2 aromatic rings. The molecule has 1 aromatic carbocycles. The number of thiophene rings is 1. The lowest BCUT2D eigenvalue weighted by Crippen LogP contribution is -2.34. The van der Waals surface area contributed by atoms with Crippen molar-refractivity contribution >= 4 is 11.3 Å². The van der Waals surface area contributed by atoms with Crippen LogP contribution in [0.2, 0.25) is 0 Å². The predicted molar refractivity (Wildman–Crippen MR) is 73.7 cm³/mol. The molecule has 18 heavy (non-hydrogen) atoms. The summed E-state index contributed by atoms with van der Waals surface area (Å²) in [7, 11) is 0. The number of para-hydroxylation sites is 1. The summed E-state index contributed by atoms with van der Waals surface area (Å²) in [6.45, 7) is 2.77. The third-order valence-corrected chi connectivity index (χ3v) is 3.95. The number of benzene rings is 1. The average Bonchev–Trinajstić information content (AvgIpc) is 2.86. The highest BCUT2D eigenvalue weighted by molar-refractivity contribution is 7.10. The first kappa shape index (κ1) is 13.1. The van der Waals surface area contributed by atoms with Gasteiger partial charge in [-0.15, -0.1) is 11.3 Å². The molecule has 96 valence electrons. The molecule has 3 nitrogen and oxygen atoms in total. The molecule has 1 atom stereocenters. The molecule has 2 rings (SSSR count). The molecule has 1 aromatic heterocycles. The van der Waals surface area contributed by atoms with Crippen molar-refractivity contribution in [1.29, 1.82) is 0 Å². The molecule has 0 spiro atoms. The van der Waals surface area contributed by atoms with E-state index in [1.807, 2.05) is 29.6 Å². The first-order valence-corrected chi connectivity index (χ1v) is 6.71. The van der Waals surface area contributed by atoms with Crippen LogP contribution in [0.3, 0.4) is 0 Å². The van der Waals surface area contributed by atoms with Gasteiger partial charge in [0.25, 0.3) is 0 Å². The van der Waals surface area contributed by atoms with Crippen molar-refractivity contribution in [2.24, 2.45) is 0 Å². The molecule has 0 saturated carbocycles. The SMILES string of the molecule is CC(O)(CNCc1ccccc1O)c1cccs1. The van der Waals surface area contributed by atoms with Crippen LogP contribution in [0.25, 0.3) is 0 Å². The maximum Gasteiger partial charge on any atom is 0.120 e. The molecular weight excluding hydrogens is 246 g/mol. The average molecular weight is 263 g/mol. The second kappa shape index (κ2) is 5.52. The van der Waals surface area contributed by atoms with Crippen molar-refractivity contribution in [3.63, 3.8) is 0 Å². The van der Waals surface area contributed by atoms with Crippen LogP contribution < -0.4 is 5.32 Å². The fraction of sp³-hybridized carbons (Fsp3) is 0.286. The molecule has 0 aliphatic heterocycles. The summed E-state index contributed by atoms with van der Waals surface area (Å²) in [4.78, 5) is 0.937. The van der Waals surface area contributed by atoms with Gasteiger partial charge < -0.3 is 15.5 Å². The molecular formula is C14H17NO2S. The van der Waals surface area contributed by atoms with Gasteiger partial charge in [-0.25, -0.2) is 0 Å². The lowest BCUT2D eigenvalue weighted by Gasteiger charge is -2.22. The summed E-state index contributed by atoms with van der Waals surface area (Å²) >= 11 is 1.54. The Kier molecular flexibility index (Phi) is 4.01.